The Hall–Kier alpha value is -3.27. The molecule has 0 saturated heterocycles. The van der Waals surface area contributed by atoms with Crippen LogP contribution < -0.4 is 19.5 Å². The molecule has 3 aromatic carbocycles. The third-order valence-corrected chi connectivity index (χ3v) is 6.08. The van der Waals surface area contributed by atoms with Crippen LogP contribution in [0.1, 0.15) is 22.7 Å². The smallest absolute Gasteiger partial charge is 0.229 e. The quantitative estimate of drug-likeness (QED) is 0.282. The van der Waals surface area contributed by atoms with E-state index in [0.717, 1.165) is 17.4 Å². The minimum absolute atomic E-state index is 0.0792. The van der Waals surface area contributed by atoms with E-state index in [1.165, 1.54) is 12.1 Å². The fourth-order valence-electron chi connectivity index (χ4n) is 3.80. The number of hydrogen-bond acceptors (Lipinski definition) is 7. The van der Waals surface area contributed by atoms with Crippen LogP contribution in [0.4, 0.5) is 5.69 Å². The van der Waals surface area contributed by atoms with Crippen molar-refractivity contribution in [2.24, 2.45) is 0 Å². The van der Waals surface area contributed by atoms with Crippen LogP contribution >= 0.6 is 0 Å². The lowest BCUT2D eigenvalue weighted by molar-refractivity contribution is 0.167. The number of nitrogens with one attached hydrogen (secondary N) is 2. The van der Waals surface area contributed by atoms with Crippen molar-refractivity contribution < 1.29 is 28.1 Å². The van der Waals surface area contributed by atoms with Crippen LogP contribution in [-0.2, 0) is 22.9 Å². The number of hydrogen-bond donors (Lipinski definition) is 4. The first-order chi connectivity index (χ1) is 16.7. The second-order valence-corrected chi connectivity index (χ2v) is 10.1. The molecule has 0 bridgehead atoms. The van der Waals surface area contributed by atoms with E-state index in [-0.39, 0.29) is 30.4 Å². The van der Waals surface area contributed by atoms with Crippen molar-refractivity contribution in [3.8, 4) is 17.2 Å². The molecule has 0 fully saturated rings. The van der Waals surface area contributed by atoms with Gasteiger partial charge < -0.3 is 25.0 Å². The van der Waals surface area contributed by atoms with Crippen molar-refractivity contribution >= 4 is 15.7 Å². The Balaban J connectivity index is 1.75. The summed E-state index contributed by atoms with van der Waals surface area (Å²) in [5, 5.41) is 24.1. The molecule has 0 aliphatic heterocycles. The molecule has 0 amide bonds. The number of aromatic hydroxyl groups is 1. The molecule has 4 N–H and O–H groups in total. The first kappa shape index (κ1) is 26.3. The van der Waals surface area contributed by atoms with Crippen LogP contribution in [0.2, 0.25) is 0 Å². The number of phenols is 1. The zero-order valence-corrected chi connectivity index (χ0v) is 20.9. The van der Waals surface area contributed by atoms with Gasteiger partial charge in [-0.05, 0) is 53.8 Å². The average Bonchev–Trinajstić information content (AvgIpc) is 2.83. The summed E-state index contributed by atoms with van der Waals surface area (Å²) in [6, 6.07) is 20.2. The summed E-state index contributed by atoms with van der Waals surface area (Å²) in [5.41, 5.74) is 2.86. The van der Waals surface area contributed by atoms with Crippen LogP contribution in [0.3, 0.4) is 0 Å². The van der Waals surface area contributed by atoms with Gasteiger partial charge in [-0.1, -0.05) is 36.4 Å². The van der Waals surface area contributed by atoms with E-state index in [4.69, 9.17) is 9.47 Å². The zero-order chi connectivity index (χ0) is 25.4. The maximum atomic E-state index is 11.5. The Labute approximate surface area is 206 Å². The molecule has 3 rings (SSSR count). The minimum atomic E-state index is -3.54. The Kier molecular flexibility index (Phi) is 8.97. The molecule has 0 spiro atoms. The number of phenolic OH excluding ortho intramolecular Hbond substituents is 1. The molecule has 0 aliphatic carbocycles. The molecule has 35 heavy (non-hydrogen) atoms. The Bertz CT molecular complexity index is 1200. The number of aliphatic hydroxyl groups excluding tert-OH is 1. The molecular weight excluding hydrogens is 468 g/mol. The highest BCUT2D eigenvalue weighted by Crippen LogP contribution is 2.29. The van der Waals surface area contributed by atoms with E-state index in [1.54, 1.807) is 20.3 Å². The van der Waals surface area contributed by atoms with Gasteiger partial charge >= 0.3 is 0 Å². The summed E-state index contributed by atoms with van der Waals surface area (Å²) in [6.07, 6.45) is 1.21. The first-order valence-electron chi connectivity index (χ1n) is 11.1. The topological polar surface area (TPSA) is 117 Å². The van der Waals surface area contributed by atoms with Gasteiger partial charge in [-0.25, -0.2) is 8.42 Å². The van der Waals surface area contributed by atoms with Gasteiger partial charge in [0.1, 0.15) is 17.2 Å². The molecule has 2 atom stereocenters. The van der Waals surface area contributed by atoms with Crippen LogP contribution in [0.5, 0.6) is 17.2 Å². The third-order valence-electron chi connectivity index (χ3n) is 5.49. The number of anilines is 1. The Morgan fingerprint density at radius 1 is 0.886 bits per heavy atom. The van der Waals surface area contributed by atoms with Crippen LogP contribution in [0, 0.1) is 0 Å². The summed E-state index contributed by atoms with van der Waals surface area (Å²) < 4.78 is 36.2. The molecule has 8 nitrogen and oxygen atoms in total. The maximum absolute atomic E-state index is 11.5. The molecule has 0 saturated carbocycles. The summed E-state index contributed by atoms with van der Waals surface area (Å²) in [6.45, 7) is 0.284. The number of rotatable bonds is 12. The lowest BCUT2D eigenvalue weighted by Crippen LogP contribution is -2.32. The lowest BCUT2D eigenvalue weighted by Gasteiger charge is -2.23. The SMILES string of the molecule is COc1cc(OC)cc(C(Cc2ccccc2)NCC(O)Cc2ccc(O)c(NS(C)(=O)=O)c2)c1. The summed E-state index contributed by atoms with van der Waals surface area (Å²) >= 11 is 0. The van der Waals surface area contributed by atoms with Gasteiger partial charge in [0.05, 0.1) is 32.3 Å². The van der Waals surface area contributed by atoms with Crippen molar-refractivity contribution in [1.82, 2.24) is 5.32 Å². The van der Waals surface area contributed by atoms with Gasteiger partial charge in [-0.3, -0.25) is 4.72 Å². The number of ether oxygens (including phenoxy) is 2. The Morgan fingerprint density at radius 2 is 1.54 bits per heavy atom. The van der Waals surface area contributed by atoms with Gasteiger partial charge in [0.25, 0.3) is 0 Å². The predicted molar refractivity (Wildman–Crippen MR) is 137 cm³/mol. The zero-order valence-electron chi connectivity index (χ0n) is 20.1. The van der Waals surface area contributed by atoms with Crippen LogP contribution in [0.25, 0.3) is 0 Å². The molecule has 0 heterocycles. The second-order valence-electron chi connectivity index (χ2n) is 8.38. The average molecular weight is 501 g/mol. The van der Waals surface area contributed by atoms with E-state index in [9.17, 15) is 18.6 Å². The normalized spacial score (nSPS) is 13.1. The van der Waals surface area contributed by atoms with Crippen molar-refractivity contribution in [3.05, 3.63) is 83.4 Å². The Morgan fingerprint density at radius 3 is 2.14 bits per heavy atom. The molecule has 9 heteroatoms. The fourth-order valence-corrected chi connectivity index (χ4v) is 4.37. The van der Waals surface area contributed by atoms with Crippen molar-refractivity contribution in [2.75, 3.05) is 31.7 Å². The van der Waals surface area contributed by atoms with Crippen LogP contribution in [-0.4, -0.2) is 51.8 Å². The van der Waals surface area contributed by atoms with E-state index in [0.29, 0.717) is 23.5 Å². The molecule has 3 aromatic rings. The standard InChI is InChI=1S/C26H32N2O6S/c1-33-22-14-20(15-23(16-22)34-2)24(12-18-7-5-4-6-8-18)27-17-21(29)11-19-9-10-26(30)25(13-19)28-35(3,31)32/h4-10,13-16,21,24,27-30H,11-12,17H2,1-3H3. The summed E-state index contributed by atoms with van der Waals surface area (Å²) in [4.78, 5) is 0. The molecule has 0 aromatic heterocycles. The fraction of sp³-hybridized carbons (Fsp3) is 0.308. The van der Waals surface area contributed by atoms with E-state index in [2.05, 4.69) is 22.2 Å². The highest BCUT2D eigenvalue weighted by molar-refractivity contribution is 7.92. The van der Waals surface area contributed by atoms with E-state index >= 15 is 0 Å². The second kappa shape index (κ2) is 11.9. The number of methoxy groups -OCH3 is 2. The lowest BCUT2D eigenvalue weighted by atomic mass is 9.97. The number of sulfonamides is 1. The van der Waals surface area contributed by atoms with Crippen molar-refractivity contribution in [1.29, 1.82) is 0 Å². The molecular formula is C26H32N2O6S. The first-order valence-corrected chi connectivity index (χ1v) is 13.0. The van der Waals surface area contributed by atoms with E-state index < -0.39 is 16.1 Å². The van der Waals surface area contributed by atoms with Crippen LogP contribution in [0.15, 0.2) is 66.7 Å². The molecule has 188 valence electrons. The molecule has 0 aliphatic rings. The summed E-state index contributed by atoms with van der Waals surface area (Å²) in [7, 11) is -0.336. The number of aliphatic hydroxyl groups is 1. The van der Waals surface area contributed by atoms with Crippen molar-refractivity contribution in [2.45, 2.75) is 25.0 Å². The molecule has 2 unspecified atom stereocenters. The monoisotopic (exact) mass is 500 g/mol. The van der Waals surface area contributed by atoms with Gasteiger partial charge in [0, 0.05) is 18.7 Å². The van der Waals surface area contributed by atoms with Gasteiger partial charge in [-0.15, -0.1) is 0 Å². The number of benzene rings is 3. The van der Waals surface area contributed by atoms with E-state index in [1.807, 2.05) is 36.4 Å². The largest absolute Gasteiger partial charge is 0.506 e. The molecule has 0 radical (unpaired) electrons. The predicted octanol–water partition coefficient (Wildman–Crippen LogP) is 3.26. The third kappa shape index (κ3) is 8.17. The highest BCUT2D eigenvalue weighted by Gasteiger charge is 2.17. The van der Waals surface area contributed by atoms with Crippen molar-refractivity contribution in [3.63, 3.8) is 0 Å². The maximum Gasteiger partial charge on any atom is 0.229 e. The van der Waals surface area contributed by atoms with Gasteiger partial charge in [-0.2, -0.15) is 0 Å². The minimum Gasteiger partial charge on any atom is -0.506 e. The van der Waals surface area contributed by atoms with Gasteiger partial charge in [0.15, 0.2) is 0 Å². The summed E-state index contributed by atoms with van der Waals surface area (Å²) in [5.74, 6) is 1.17. The van der Waals surface area contributed by atoms with Gasteiger partial charge in [0.2, 0.25) is 10.0 Å². The highest BCUT2D eigenvalue weighted by atomic mass is 32.2.